The number of carboxylic acid groups (broad SMARTS) is 1. The maximum Gasteiger partial charge on any atom is 0.327 e. The molecule has 140 valence electrons. The third-order valence-electron chi connectivity index (χ3n) is 4.62. The summed E-state index contributed by atoms with van der Waals surface area (Å²) in [6.45, 7) is 3.44. The Kier molecular flexibility index (Phi) is 4.17. The zero-order valence-corrected chi connectivity index (χ0v) is 14.9. The highest BCUT2D eigenvalue weighted by molar-refractivity contribution is 8.01. The second-order valence-corrected chi connectivity index (χ2v) is 8.63. The summed E-state index contributed by atoms with van der Waals surface area (Å²) in [6, 6.07) is 3.15. The Balaban J connectivity index is 1.76. The molecule has 0 aliphatic carbocycles. The number of phenolic OH excluding ortho intramolecular Hbond substituents is 1. The van der Waals surface area contributed by atoms with Crippen molar-refractivity contribution in [3.8, 4) is 5.75 Å². The average Bonchev–Trinajstić information content (AvgIpc) is 2.81. The lowest BCUT2D eigenvalue weighted by molar-refractivity contribution is -0.162. The zero-order valence-electron chi connectivity index (χ0n) is 14.0. The third kappa shape index (κ3) is 2.70. The molecule has 1 aromatic rings. The summed E-state index contributed by atoms with van der Waals surface area (Å²) in [5.74, 6) is -2.68. The molecule has 2 fully saturated rings. The van der Waals surface area contributed by atoms with Crippen molar-refractivity contribution in [3.63, 3.8) is 0 Å². The van der Waals surface area contributed by atoms with Crippen molar-refractivity contribution in [1.29, 1.82) is 0 Å². The number of nitrogens with one attached hydrogen (secondary N) is 1. The van der Waals surface area contributed by atoms with Crippen LogP contribution >= 0.6 is 11.8 Å². The van der Waals surface area contributed by atoms with Crippen LogP contribution in [0.5, 0.6) is 5.75 Å². The number of hydrogen-bond acceptors (Lipinski definition) is 7. The van der Waals surface area contributed by atoms with E-state index in [-0.39, 0.29) is 11.3 Å². The monoisotopic (exact) mass is 381 g/mol. The van der Waals surface area contributed by atoms with E-state index < -0.39 is 45.7 Å². The van der Waals surface area contributed by atoms with Crippen LogP contribution in [0.1, 0.15) is 19.4 Å². The van der Waals surface area contributed by atoms with E-state index in [0.29, 0.717) is 0 Å². The summed E-state index contributed by atoms with van der Waals surface area (Å²) in [6.07, 6.45) is 0. The largest absolute Gasteiger partial charge is 0.508 e. The molecule has 1 unspecified atom stereocenters. The van der Waals surface area contributed by atoms with E-state index >= 15 is 0 Å². The fourth-order valence-electron chi connectivity index (χ4n) is 3.24. The fraction of sp³-hybridized carbons (Fsp3) is 0.438. The number of nitrogens with two attached hydrogens (primary N) is 1. The standard InChI is InChI=1S/C16H19N3O6S/c1-15(2)10(13(22)23)19-11(21)9(12(19)26-15)18-14(24)16(17,25)7-3-5-8(20)6-4-7/h3-6,9-10,12,20,25H,17H2,1-2H3,(H,18,24)(H,22,23)/t9-,10+,12-,16?/m1/s1. The highest BCUT2D eigenvalue weighted by atomic mass is 32.2. The van der Waals surface area contributed by atoms with Gasteiger partial charge >= 0.3 is 5.97 Å². The van der Waals surface area contributed by atoms with E-state index in [2.05, 4.69) is 5.32 Å². The molecule has 2 saturated heterocycles. The Morgan fingerprint density at radius 2 is 1.88 bits per heavy atom. The number of phenols is 1. The fourth-order valence-corrected chi connectivity index (χ4v) is 4.87. The predicted molar refractivity (Wildman–Crippen MR) is 91.8 cm³/mol. The van der Waals surface area contributed by atoms with Crippen molar-refractivity contribution in [2.24, 2.45) is 5.73 Å². The Hall–Kier alpha value is -2.30. The van der Waals surface area contributed by atoms with Crippen LogP contribution in [-0.2, 0) is 20.1 Å². The highest BCUT2D eigenvalue weighted by Crippen LogP contribution is 2.50. The lowest BCUT2D eigenvalue weighted by atomic mass is 9.95. The molecule has 26 heavy (non-hydrogen) atoms. The first-order valence-electron chi connectivity index (χ1n) is 7.81. The van der Waals surface area contributed by atoms with Crippen LogP contribution in [0, 0.1) is 0 Å². The minimum absolute atomic E-state index is 0.0410. The van der Waals surface area contributed by atoms with Gasteiger partial charge in [0.1, 0.15) is 23.2 Å². The number of hydrogen-bond donors (Lipinski definition) is 5. The number of carbonyl (C=O) groups is 3. The normalized spacial score (nSPS) is 28.7. The second-order valence-electron chi connectivity index (χ2n) is 6.86. The van der Waals surface area contributed by atoms with E-state index in [1.54, 1.807) is 13.8 Å². The molecule has 0 bridgehead atoms. The first-order valence-corrected chi connectivity index (χ1v) is 8.69. The minimum atomic E-state index is -2.40. The molecule has 3 rings (SSSR count). The summed E-state index contributed by atoms with van der Waals surface area (Å²) in [7, 11) is 0. The number of β-lactam (4-membered cyclic amide) rings is 1. The van der Waals surface area contributed by atoms with Crippen molar-refractivity contribution < 1.29 is 29.7 Å². The van der Waals surface area contributed by atoms with Crippen LogP contribution in [0.15, 0.2) is 24.3 Å². The van der Waals surface area contributed by atoms with Gasteiger partial charge in [-0.05, 0) is 26.0 Å². The maximum absolute atomic E-state index is 12.4. The van der Waals surface area contributed by atoms with Gasteiger partial charge in [0.05, 0.1) is 0 Å². The first kappa shape index (κ1) is 18.5. The number of carboxylic acids is 1. The molecule has 10 heteroatoms. The summed E-state index contributed by atoms with van der Waals surface area (Å²) >= 11 is 1.27. The summed E-state index contributed by atoms with van der Waals surface area (Å²) in [5.41, 5.74) is 3.34. The number of carbonyl (C=O) groups excluding carboxylic acids is 2. The molecule has 2 amide bonds. The molecule has 9 nitrogen and oxygen atoms in total. The van der Waals surface area contributed by atoms with E-state index in [1.807, 2.05) is 0 Å². The number of fused-ring (bicyclic) bond motifs is 1. The van der Waals surface area contributed by atoms with Crippen LogP contribution in [-0.4, -0.2) is 60.2 Å². The summed E-state index contributed by atoms with van der Waals surface area (Å²) in [5, 5.41) is 30.9. The van der Waals surface area contributed by atoms with Gasteiger partial charge in [-0.3, -0.25) is 15.3 Å². The molecule has 2 aliphatic rings. The Morgan fingerprint density at radius 1 is 1.31 bits per heavy atom. The zero-order chi connectivity index (χ0) is 19.4. The lowest BCUT2D eigenvalue weighted by Crippen LogP contribution is -2.72. The average molecular weight is 381 g/mol. The Labute approximate surface area is 153 Å². The van der Waals surface area contributed by atoms with Crippen molar-refractivity contribution in [2.75, 3.05) is 0 Å². The molecular formula is C16H19N3O6S. The molecule has 1 aromatic carbocycles. The topological polar surface area (TPSA) is 153 Å². The van der Waals surface area contributed by atoms with Gasteiger partial charge in [-0.2, -0.15) is 0 Å². The molecule has 4 atom stereocenters. The Morgan fingerprint density at radius 3 is 2.42 bits per heavy atom. The summed E-state index contributed by atoms with van der Waals surface area (Å²) < 4.78 is -0.721. The first-order chi connectivity index (χ1) is 12.0. The van der Waals surface area contributed by atoms with Gasteiger partial charge in [0, 0.05) is 10.3 Å². The van der Waals surface area contributed by atoms with Crippen molar-refractivity contribution in [2.45, 2.75) is 41.8 Å². The van der Waals surface area contributed by atoms with E-state index in [1.165, 1.54) is 40.9 Å². The summed E-state index contributed by atoms with van der Waals surface area (Å²) in [4.78, 5) is 37.5. The lowest BCUT2D eigenvalue weighted by Gasteiger charge is -2.44. The van der Waals surface area contributed by atoms with Gasteiger partial charge in [0.25, 0.3) is 5.91 Å². The van der Waals surface area contributed by atoms with Gasteiger partial charge in [0.2, 0.25) is 11.6 Å². The maximum atomic E-state index is 12.4. The number of benzene rings is 1. The SMILES string of the molecule is CC1(C)S[C@@H]2[C@H](NC(=O)C(N)(O)c3ccc(O)cc3)C(=O)N2[C@H]1C(=O)O. The van der Waals surface area contributed by atoms with Gasteiger partial charge < -0.3 is 25.5 Å². The second kappa shape index (κ2) is 5.86. The molecule has 0 spiro atoms. The van der Waals surface area contributed by atoms with Crippen LogP contribution in [0.2, 0.25) is 0 Å². The Bertz CT molecular complexity index is 779. The van der Waals surface area contributed by atoms with Crippen LogP contribution in [0.3, 0.4) is 0 Å². The smallest absolute Gasteiger partial charge is 0.327 e. The van der Waals surface area contributed by atoms with Crippen LogP contribution < -0.4 is 11.1 Å². The van der Waals surface area contributed by atoms with Crippen molar-refractivity contribution in [3.05, 3.63) is 29.8 Å². The van der Waals surface area contributed by atoms with Crippen LogP contribution in [0.4, 0.5) is 0 Å². The van der Waals surface area contributed by atoms with Gasteiger partial charge in [-0.15, -0.1) is 11.8 Å². The highest BCUT2D eigenvalue weighted by Gasteiger charge is 2.64. The minimum Gasteiger partial charge on any atom is -0.508 e. The van der Waals surface area contributed by atoms with E-state index in [4.69, 9.17) is 5.73 Å². The number of aromatic hydroxyl groups is 1. The molecule has 0 saturated carbocycles. The number of rotatable bonds is 4. The predicted octanol–water partition coefficient (Wildman–Crippen LogP) is -0.872. The number of aliphatic carboxylic acids is 1. The van der Waals surface area contributed by atoms with Gasteiger partial charge in [-0.25, -0.2) is 4.79 Å². The molecule has 6 N–H and O–H groups in total. The van der Waals surface area contributed by atoms with Crippen molar-refractivity contribution >= 4 is 29.5 Å². The number of aliphatic hydroxyl groups is 1. The van der Waals surface area contributed by atoms with Crippen LogP contribution in [0.25, 0.3) is 0 Å². The van der Waals surface area contributed by atoms with E-state index in [9.17, 15) is 29.7 Å². The third-order valence-corrected chi connectivity index (χ3v) is 6.19. The van der Waals surface area contributed by atoms with Gasteiger partial charge in [0.15, 0.2) is 0 Å². The quantitative estimate of drug-likeness (QED) is 0.333. The molecule has 2 heterocycles. The van der Waals surface area contributed by atoms with Gasteiger partial charge in [-0.1, -0.05) is 12.1 Å². The van der Waals surface area contributed by atoms with E-state index in [0.717, 1.165) is 0 Å². The molecule has 0 radical (unpaired) electrons. The van der Waals surface area contributed by atoms with Crippen molar-refractivity contribution in [1.82, 2.24) is 10.2 Å². The molecule has 0 aromatic heterocycles. The number of amides is 2. The number of nitrogens with zero attached hydrogens (tertiary/aromatic N) is 1. The number of thioether (sulfide) groups is 1. The molecule has 2 aliphatic heterocycles. The molecular weight excluding hydrogens is 362 g/mol.